The first-order valence-corrected chi connectivity index (χ1v) is 7.11. The number of carboxylic acid groups (broad SMARTS) is 1. The number of amides is 1. The van der Waals surface area contributed by atoms with Crippen LogP contribution in [0.4, 0.5) is 5.69 Å². The van der Waals surface area contributed by atoms with Gasteiger partial charge in [0.05, 0.1) is 10.8 Å². The third-order valence-corrected chi connectivity index (χ3v) is 4.22. The van der Waals surface area contributed by atoms with Gasteiger partial charge in [0, 0.05) is 30.3 Å². The van der Waals surface area contributed by atoms with E-state index in [1.54, 1.807) is 18.7 Å². The van der Waals surface area contributed by atoms with Crippen molar-refractivity contribution >= 4 is 17.6 Å². The molecule has 1 amide bonds. The lowest BCUT2D eigenvalue weighted by Crippen LogP contribution is -2.49. The lowest BCUT2D eigenvalue weighted by molar-refractivity contribution is -0.384. The molecular weight excluding hydrogens is 288 g/mol. The summed E-state index contributed by atoms with van der Waals surface area (Å²) in [5.74, 6) is -1.74. The number of carboxylic acids is 1. The maximum Gasteiger partial charge on any atom is 0.308 e. The molecule has 0 saturated carbocycles. The van der Waals surface area contributed by atoms with Gasteiger partial charge in [-0.3, -0.25) is 19.7 Å². The largest absolute Gasteiger partial charge is 0.481 e. The first-order valence-electron chi connectivity index (χ1n) is 7.11. The van der Waals surface area contributed by atoms with Crippen LogP contribution in [0, 0.1) is 23.0 Å². The van der Waals surface area contributed by atoms with Gasteiger partial charge >= 0.3 is 5.97 Å². The fourth-order valence-corrected chi connectivity index (χ4v) is 2.92. The zero-order valence-corrected chi connectivity index (χ0v) is 12.5. The van der Waals surface area contributed by atoms with Gasteiger partial charge in [-0.15, -0.1) is 0 Å². The molecule has 1 aromatic rings. The second kappa shape index (κ2) is 6.13. The molecular formula is C15H18N2O5. The predicted octanol–water partition coefficient (Wildman–Crippen LogP) is 2.23. The highest BCUT2D eigenvalue weighted by Crippen LogP contribution is 2.27. The highest BCUT2D eigenvalue weighted by Gasteiger charge is 2.36. The molecule has 0 aliphatic carbocycles. The van der Waals surface area contributed by atoms with Crippen LogP contribution in [0.3, 0.4) is 0 Å². The third-order valence-electron chi connectivity index (χ3n) is 4.22. The number of non-ortho nitro benzene ring substituents is 1. The quantitative estimate of drug-likeness (QED) is 0.681. The smallest absolute Gasteiger partial charge is 0.308 e. The van der Waals surface area contributed by atoms with Gasteiger partial charge in [0.15, 0.2) is 0 Å². The Morgan fingerprint density at radius 2 is 2.09 bits per heavy atom. The Kier molecular flexibility index (Phi) is 4.44. The Morgan fingerprint density at radius 3 is 2.64 bits per heavy atom. The Balaban J connectivity index is 2.27. The number of aliphatic carboxylic acids is 1. The minimum Gasteiger partial charge on any atom is -0.481 e. The van der Waals surface area contributed by atoms with Crippen LogP contribution in [-0.4, -0.2) is 39.4 Å². The summed E-state index contributed by atoms with van der Waals surface area (Å²) in [6, 6.07) is 3.70. The maximum atomic E-state index is 12.6. The van der Waals surface area contributed by atoms with Crippen LogP contribution >= 0.6 is 0 Å². The van der Waals surface area contributed by atoms with Gasteiger partial charge in [-0.25, -0.2) is 0 Å². The molecule has 7 heteroatoms. The van der Waals surface area contributed by atoms with Gasteiger partial charge in [-0.1, -0.05) is 0 Å². The number of carbonyl (C=O) groups is 2. The summed E-state index contributed by atoms with van der Waals surface area (Å²) in [7, 11) is 0. The normalized spacial score (nSPS) is 21.5. The fraction of sp³-hybridized carbons (Fsp3) is 0.467. The van der Waals surface area contributed by atoms with Crippen molar-refractivity contribution in [3.63, 3.8) is 0 Å². The monoisotopic (exact) mass is 306 g/mol. The first kappa shape index (κ1) is 15.9. The molecule has 118 valence electrons. The summed E-state index contributed by atoms with van der Waals surface area (Å²) < 4.78 is 0. The number of hydrogen-bond acceptors (Lipinski definition) is 4. The molecule has 1 heterocycles. The van der Waals surface area contributed by atoms with Crippen LogP contribution in [0.15, 0.2) is 18.2 Å². The Bertz CT molecular complexity index is 628. The highest BCUT2D eigenvalue weighted by atomic mass is 16.6. The number of aryl methyl sites for hydroxylation is 1. The van der Waals surface area contributed by atoms with E-state index in [9.17, 15) is 24.8 Å². The number of carbonyl (C=O) groups excluding carboxylic acids is 1. The topological polar surface area (TPSA) is 101 Å². The Labute approximate surface area is 127 Å². The molecule has 0 radical (unpaired) electrons. The van der Waals surface area contributed by atoms with Gasteiger partial charge in [-0.2, -0.15) is 0 Å². The lowest BCUT2D eigenvalue weighted by Gasteiger charge is -2.37. The predicted molar refractivity (Wildman–Crippen MR) is 78.7 cm³/mol. The van der Waals surface area contributed by atoms with Crippen LogP contribution in [0.5, 0.6) is 0 Å². The molecule has 0 spiro atoms. The first-order chi connectivity index (χ1) is 10.3. The molecule has 1 aromatic carbocycles. The molecule has 0 bridgehead atoms. The standard InChI is InChI=1S/C15H18N2O5/c1-9-8-11(17(21)22)5-6-12(9)14(18)16-7-3-4-13(10(16)2)15(19)20/h5-6,8,10,13H,3-4,7H2,1-2H3,(H,19,20)/t10-,13-/m1/s1. The summed E-state index contributed by atoms with van der Waals surface area (Å²) in [6.45, 7) is 3.88. The van der Waals surface area contributed by atoms with E-state index in [2.05, 4.69) is 0 Å². The molecule has 1 aliphatic rings. The second-order valence-corrected chi connectivity index (χ2v) is 5.58. The zero-order chi connectivity index (χ0) is 16.4. The van der Waals surface area contributed by atoms with Gasteiger partial charge in [0.25, 0.3) is 11.6 Å². The zero-order valence-electron chi connectivity index (χ0n) is 12.5. The molecule has 22 heavy (non-hydrogen) atoms. The maximum absolute atomic E-state index is 12.6. The van der Waals surface area contributed by atoms with Crippen molar-refractivity contribution in [1.29, 1.82) is 0 Å². The van der Waals surface area contributed by atoms with E-state index in [-0.39, 0.29) is 11.6 Å². The summed E-state index contributed by atoms with van der Waals surface area (Å²) in [5.41, 5.74) is 0.830. The molecule has 2 atom stereocenters. The summed E-state index contributed by atoms with van der Waals surface area (Å²) >= 11 is 0. The van der Waals surface area contributed by atoms with Crippen molar-refractivity contribution in [3.05, 3.63) is 39.4 Å². The van der Waals surface area contributed by atoms with Gasteiger partial charge < -0.3 is 10.0 Å². The average Bonchev–Trinajstić information content (AvgIpc) is 2.46. The molecule has 1 aliphatic heterocycles. The number of rotatable bonds is 3. The SMILES string of the molecule is Cc1cc([N+](=O)[O-])ccc1C(=O)N1CCC[C@@H](C(=O)O)[C@H]1C. The summed E-state index contributed by atoms with van der Waals surface area (Å²) in [5, 5.41) is 20.0. The van der Waals surface area contributed by atoms with E-state index >= 15 is 0 Å². The van der Waals surface area contributed by atoms with E-state index in [1.807, 2.05) is 0 Å². The van der Waals surface area contributed by atoms with E-state index in [4.69, 9.17) is 0 Å². The number of likely N-dealkylation sites (tertiary alicyclic amines) is 1. The van der Waals surface area contributed by atoms with Gasteiger partial charge in [0.1, 0.15) is 0 Å². The van der Waals surface area contributed by atoms with E-state index in [0.29, 0.717) is 30.5 Å². The molecule has 0 aromatic heterocycles. The Hall–Kier alpha value is -2.44. The van der Waals surface area contributed by atoms with Crippen LogP contribution in [0.2, 0.25) is 0 Å². The number of nitrogens with zero attached hydrogens (tertiary/aromatic N) is 2. The summed E-state index contributed by atoms with van der Waals surface area (Å²) in [6.07, 6.45) is 1.19. The Morgan fingerprint density at radius 1 is 1.41 bits per heavy atom. The number of hydrogen-bond donors (Lipinski definition) is 1. The van der Waals surface area contributed by atoms with E-state index < -0.39 is 22.9 Å². The molecule has 0 unspecified atom stereocenters. The van der Waals surface area contributed by atoms with Crippen molar-refractivity contribution in [3.8, 4) is 0 Å². The van der Waals surface area contributed by atoms with Crippen molar-refractivity contribution < 1.29 is 19.6 Å². The van der Waals surface area contributed by atoms with Gasteiger partial charge in [0.2, 0.25) is 0 Å². The molecule has 1 fully saturated rings. The minimum absolute atomic E-state index is 0.0656. The van der Waals surface area contributed by atoms with Crippen LogP contribution < -0.4 is 0 Å². The molecule has 2 rings (SSSR count). The van der Waals surface area contributed by atoms with Crippen LogP contribution in [0.1, 0.15) is 35.7 Å². The van der Waals surface area contributed by atoms with Crippen molar-refractivity contribution in [1.82, 2.24) is 4.90 Å². The highest BCUT2D eigenvalue weighted by molar-refractivity contribution is 5.96. The fourth-order valence-electron chi connectivity index (χ4n) is 2.92. The number of benzene rings is 1. The molecule has 1 N–H and O–H groups in total. The summed E-state index contributed by atoms with van der Waals surface area (Å²) in [4.78, 5) is 35.7. The van der Waals surface area contributed by atoms with Crippen molar-refractivity contribution in [2.45, 2.75) is 32.7 Å². The van der Waals surface area contributed by atoms with Gasteiger partial charge in [-0.05, 0) is 38.3 Å². The van der Waals surface area contributed by atoms with Crippen molar-refractivity contribution in [2.24, 2.45) is 5.92 Å². The minimum atomic E-state index is -0.898. The molecule has 7 nitrogen and oxygen atoms in total. The lowest BCUT2D eigenvalue weighted by atomic mass is 9.89. The average molecular weight is 306 g/mol. The van der Waals surface area contributed by atoms with Crippen LogP contribution in [0.25, 0.3) is 0 Å². The number of nitro groups is 1. The van der Waals surface area contributed by atoms with Crippen molar-refractivity contribution in [2.75, 3.05) is 6.54 Å². The van der Waals surface area contributed by atoms with E-state index in [0.717, 1.165) is 0 Å². The van der Waals surface area contributed by atoms with Crippen LogP contribution in [-0.2, 0) is 4.79 Å². The third kappa shape index (κ3) is 2.93. The number of nitro benzene ring substituents is 1. The number of piperidine rings is 1. The molecule has 1 saturated heterocycles. The second-order valence-electron chi connectivity index (χ2n) is 5.58. The van der Waals surface area contributed by atoms with E-state index in [1.165, 1.54) is 18.2 Å².